The molecular formula is C29H40BN3O5. The Labute approximate surface area is 226 Å². The maximum absolute atomic E-state index is 13.1. The number of hydrogen-bond donors (Lipinski definition) is 1. The van der Waals surface area contributed by atoms with Gasteiger partial charge in [-0.1, -0.05) is 43.7 Å². The fraction of sp³-hybridized carbons (Fsp3) is 0.690. The number of nitrogens with one attached hydrogen (secondary N) is 1. The zero-order valence-electron chi connectivity index (χ0n) is 23.1. The maximum atomic E-state index is 13.1. The van der Waals surface area contributed by atoms with Gasteiger partial charge in [-0.05, 0) is 75.2 Å². The van der Waals surface area contributed by atoms with Crippen molar-refractivity contribution in [1.82, 2.24) is 10.2 Å². The Kier molecular flexibility index (Phi) is 7.49. The summed E-state index contributed by atoms with van der Waals surface area (Å²) in [6, 6.07) is 8.08. The molecule has 2 bridgehead atoms. The minimum absolute atomic E-state index is 0.0203. The van der Waals surface area contributed by atoms with E-state index in [2.05, 4.69) is 62.1 Å². The molecule has 2 amide bonds. The van der Waals surface area contributed by atoms with E-state index in [1.165, 1.54) is 5.56 Å². The number of likely N-dealkylation sites (tertiary alicyclic amines) is 1. The van der Waals surface area contributed by atoms with E-state index in [-0.39, 0.29) is 42.2 Å². The summed E-state index contributed by atoms with van der Waals surface area (Å²) in [5.74, 6) is 0.460. The van der Waals surface area contributed by atoms with Crippen LogP contribution in [0.5, 0.6) is 0 Å². The smallest absolute Gasteiger partial charge is 0.447 e. The Morgan fingerprint density at radius 1 is 1.24 bits per heavy atom. The van der Waals surface area contributed by atoms with Crippen molar-refractivity contribution in [3.63, 3.8) is 0 Å². The van der Waals surface area contributed by atoms with E-state index in [1.54, 1.807) is 4.90 Å². The molecule has 2 aliphatic heterocycles. The zero-order valence-corrected chi connectivity index (χ0v) is 23.1. The molecule has 204 valence electrons. The van der Waals surface area contributed by atoms with Crippen molar-refractivity contribution in [3.8, 4) is 0 Å². The van der Waals surface area contributed by atoms with E-state index in [4.69, 9.17) is 20.6 Å². The highest BCUT2D eigenvalue weighted by Crippen LogP contribution is 2.65. The lowest BCUT2D eigenvalue weighted by atomic mass is 9.43. The summed E-state index contributed by atoms with van der Waals surface area (Å²) < 4.78 is 18.9. The number of ether oxygens (including phenoxy) is 1. The van der Waals surface area contributed by atoms with Crippen LogP contribution in [0.2, 0.25) is 0 Å². The number of benzene rings is 1. The van der Waals surface area contributed by atoms with Gasteiger partial charge in [0.25, 0.3) is 6.54 Å². The molecule has 9 heteroatoms. The Balaban J connectivity index is 1.26. The number of carbonyl (C=O) groups is 2. The van der Waals surface area contributed by atoms with E-state index in [0.29, 0.717) is 24.8 Å². The highest BCUT2D eigenvalue weighted by molar-refractivity contribution is 6.47. The van der Waals surface area contributed by atoms with Crippen LogP contribution in [0.4, 0.5) is 4.79 Å². The molecule has 1 N–H and O–H groups in total. The fourth-order valence-corrected chi connectivity index (χ4v) is 7.29. The summed E-state index contributed by atoms with van der Waals surface area (Å²) in [4.78, 5) is 30.4. The summed E-state index contributed by atoms with van der Waals surface area (Å²) in [6.45, 7) is 16.5. The van der Waals surface area contributed by atoms with Gasteiger partial charge in [0.2, 0.25) is 0 Å². The molecule has 3 aliphatic carbocycles. The lowest BCUT2D eigenvalue weighted by Crippen LogP contribution is -2.65. The Hall–Kier alpha value is -2.57. The number of amides is 2. The molecule has 6 rings (SSSR count). The number of carbonyl (C=O) groups excluding carboxylic acids is 2. The second-order valence-corrected chi connectivity index (χ2v) is 12.4. The third-order valence-electron chi connectivity index (χ3n) is 9.75. The molecule has 3 saturated carbocycles. The van der Waals surface area contributed by atoms with E-state index >= 15 is 0 Å². The Bertz CT molecular complexity index is 1090. The number of nitrogens with zero attached hydrogens (tertiary/aromatic N) is 2. The molecule has 5 fully saturated rings. The van der Waals surface area contributed by atoms with Gasteiger partial charge in [-0.15, -0.1) is 0 Å². The summed E-state index contributed by atoms with van der Waals surface area (Å²) in [6.07, 6.45) is 4.81. The first-order valence-corrected chi connectivity index (χ1v) is 14.1. The van der Waals surface area contributed by atoms with Gasteiger partial charge >= 0.3 is 19.1 Å². The molecule has 1 aromatic carbocycles. The lowest BCUT2D eigenvalue weighted by Gasteiger charge is -2.64. The highest BCUT2D eigenvalue weighted by atomic mass is 16.7. The van der Waals surface area contributed by atoms with Gasteiger partial charge in [-0.3, -0.25) is 4.79 Å². The quantitative estimate of drug-likeness (QED) is 0.430. The van der Waals surface area contributed by atoms with Gasteiger partial charge < -0.3 is 29.1 Å². The van der Waals surface area contributed by atoms with Crippen LogP contribution in [0.25, 0.3) is 4.85 Å². The van der Waals surface area contributed by atoms with Gasteiger partial charge in [0.15, 0.2) is 0 Å². The standard InChI is InChI=1S/C29H40BN3O5/c1-19-9-11-20(12-10-19)14-25(30-37-24-16-21-15-23(28(21,2)3)29(24,4)38-30)32-27(35)36-18-22-8-6-7-13-33(22)26(34)17-31-5/h9-12,21-25H,6-8,13-18H2,1-4H3,(H,32,35)/t21-,22+,23-,24+,25-,29-/m0/s1. The predicted octanol–water partition coefficient (Wildman–Crippen LogP) is 4.20. The first-order chi connectivity index (χ1) is 18.1. The lowest BCUT2D eigenvalue weighted by molar-refractivity contribution is -0.199. The molecule has 6 atom stereocenters. The SMILES string of the molecule is [C-]#[N+]CC(=O)N1CCCC[C@@H]1COC(=O)N[C@@H](Cc1ccc(C)cc1)B1O[C@@H]2C[C@@H]3C[C@@H](C3(C)C)[C@]2(C)O1. The molecule has 5 aliphatic rings. The van der Waals surface area contributed by atoms with Crippen molar-refractivity contribution in [1.29, 1.82) is 0 Å². The van der Waals surface area contributed by atoms with Crippen LogP contribution in [-0.4, -0.2) is 67.4 Å². The molecule has 2 saturated heterocycles. The van der Waals surface area contributed by atoms with Crippen LogP contribution < -0.4 is 5.32 Å². The van der Waals surface area contributed by atoms with Gasteiger partial charge in [0.1, 0.15) is 6.61 Å². The van der Waals surface area contributed by atoms with Crippen LogP contribution in [0, 0.1) is 30.7 Å². The molecular weight excluding hydrogens is 481 g/mol. The second-order valence-electron chi connectivity index (χ2n) is 12.4. The van der Waals surface area contributed by atoms with Gasteiger partial charge in [0, 0.05) is 6.54 Å². The van der Waals surface area contributed by atoms with Gasteiger partial charge in [-0.25, -0.2) is 11.4 Å². The average molecular weight is 521 g/mol. The van der Waals surface area contributed by atoms with Crippen molar-refractivity contribution in [2.45, 2.75) is 89.9 Å². The Morgan fingerprint density at radius 3 is 2.71 bits per heavy atom. The van der Waals surface area contributed by atoms with Crippen molar-refractivity contribution in [2.75, 3.05) is 19.7 Å². The van der Waals surface area contributed by atoms with E-state index in [0.717, 1.165) is 37.7 Å². The summed E-state index contributed by atoms with van der Waals surface area (Å²) in [5, 5.41) is 3.04. The van der Waals surface area contributed by atoms with Crippen LogP contribution in [-0.2, 0) is 25.3 Å². The maximum Gasteiger partial charge on any atom is 0.482 e. The highest BCUT2D eigenvalue weighted by Gasteiger charge is 2.68. The predicted molar refractivity (Wildman–Crippen MR) is 144 cm³/mol. The molecule has 2 heterocycles. The zero-order chi connectivity index (χ0) is 27.1. The first-order valence-electron chi connectivity index (χ1n) is 14.1. The minimum Gasteiger partial charge on any atom is -0.447 e. The molecule has 1 aromatic rings. The summed E-state index contributed by atoms with van der Waals surface area (Å²) in [5.41, 5.74) is 2.13. The van der Waals surface area contributed by atoms with Gasteiger partial charge in [0.05, 0.1) is 23.7 Å². The third kappa shape index (κ3) is 5.05. The number of rotatable bonds is 7. The molecule has 0 spiro atoms. The number of aryl methyl sites for hydroxylation is 1. The van der Waals surface area contributed by atoms with E-state index < -0.39 is 19.2 Å². The fourth-order valence-electron chi connectivity index (χ4n) is 7.29. The van der Waals surface area contributed by atoms with Crippen LogP contribution in [0.1, 0.15) is 64.0 Å². The first kappa shape index (κ1) is 27.0. The van der Waals surface area contributed by atoms with E-state index in [1.807, 2.05) is 0 Å². The molecule has 8 nitrogen and oxygen atoms in total. The molecule has 0 unspecified atom stereocenters. The van der Waals surface area contributed by atoms with Gasteiger partial charge in [-0.2, -0.15) is 0 Å². The van der Waals surface area contributed by atoms with Crippen molar-refractivity contribution in [2.24, 2.45) is 17.3 Å². The number of alkyl carbamates (subject to hydrolysis) is 1. The molecule has 0 radical (unpaired) electrons. The average Bonchev–Trinajstić information content (AvgIpc) is 3.26. The van der Waals surface area contributed by atoms with E-state index in [9.17, 15) is 9.59 Å². The van der Waals surface area contributed by atoms with Crippen LogP contribution >= 0.6 is 0 Å². The van der Waals surface area contributed by atoms with Crippen molar-refractivity contribution >= 4 is 19.1 Å². The van der Waals surface area contributed by atoms with Crippen molar-refractivity contribution < 1.29 is 23.6 Å². The Morgan fingerprint density at radius 2 is 2.00 bits per heavy atom. The van der Waals surface area contributed by atoms with Crippen LogP contribution in [0.15, 0.2) is 24.3 Å². The number of hydrogen-bond acceptors (Lipinski definition) is 5. The van der Waals surface area contributed by atoms with Crippen LogP contribution in [0.3, 0.4) is 0 Å². The summed E-state index contributed by atoms with van der Waals surface area (Å²) >= 11 is 0. The molecule has 0 aromatic heterocycles. The second kappa shape index (κ2) is 10.5. The number of piperidine rings is 1. The summed E-state index contributed by atoms with van der Waals surface area (Å²) in [7, 11) is -0.569. The topological polar surface area (TPSA) is 81.5 Å². The minimum atomic E-state index is -0.569. The third-order valence-corrected chi connectivity index (χ3v) is 9.75. The largest absolute Gasteiger partial charge is 0.482 e. The molecule has 38 heavy (non-hydrogen) atoms. The monoisotopic (exact) mass is 521 g/mol. The van der Waals surface area contributed by atoms with Crippen molar-refractivity contribution in [3.05, 3.63) is 46.8 Å². The normalized spacial score (nSPS) is 32.0.